The van der Waals surface area contributed by atoms with E-state index >= 15 is 0 Å². The van der Waals surface area contributed by atoms with E-state index in [0.717, 1.165) is 12.8 Å². The minimum absolute atomic E-state index is 0.127. The van der Waals surface area contributed by atoms with Gasteiger partial charge in [0.2, 0.25) is 0 Å². The number of rotatable bonds is 0. The molecule has 0 aromatic carbocycles. The molecule has 3 aliphatic rings. The van der Waals surface area contributed by atoms with Crippen LogP contribution in [0.15, 0.2) is 12.2 Å². The van der Waals surface area contributed by atoms with Gasteiger partial charge in [-0.1, -0.05) is 18.6 Å². The van der Waals surface area contributed by atoms with Crippen LogP contribution in [0.3, 0.4) is 0 Å². The maximum atomic E-state index is 12.4. The van der Waals surface area contributed by atoms with Crippen LogP contribution in [0.2, 0.25) is 0 Å². The zero-order chi connectivity index (χ0) is 13.0. The van der Waals surface area contributed by atoms with Gasteiger partial charge < -0.3 is 14.6 Å². The lowest BCUT2D eigenvalue weighted by Crippen LogP contribution is -2.57. The van der Waals surface area contributed by atoms with Gasteiger partial charge in [0.05, 0.1) is 11.5 Å². The summed E-state index contributed by atoms with van der Waals surface area (Å²) in [6, 6.07) is 0. The van der Waals surface area contributed by atoms with Gasteiger partial charge in [-0.2, -0.15) is 0 Å². The largest absolute Gasteiger partial charge is 0.388 e. The van der Waals surface area contributed by atoms with Crippen LogP contribution in [-0.4, -0.2) is 35.0 Å². The molecule has 1 spiro atoms. The zero-order valence-electron chi connectivity index (χ0n) is 10.9. The van der Waals surface area contributed by atoms with Crippen molar-refractivity contribution in [2.75, 3.05) is 0 Å². The Morgan fingerprint density at radius 1 is 1.28 bits per heavy atom. The van der Waals surface area contributed by atoms with E-state index in [9.17, 15) is 9.90 Å². The van der Waals surface area contributed by atoms with Crippen molar-refractivity contribution in [2.45, 2.75) is 63.6 Å². The van der Waals surface area contributed by atoms with Crippen LogP contribution in [0, 0.1) is 5.41 Å². The molecule has 2 fully saturated rings. The second-order valence-corrected chi connectivity index (χ2v) is 6.02. The first-order valence-electron chi connectivity index (χ1n) is 6.71. The fraction of sp³-hybridized carbons (Fsp3) is 0.786. The molecule has 1 saturated carbocycles. The predicted molar refractivity (Wildman–Crippen MR) is 64.9 cm³/mol. The Bertz CT molecular complexity index is 401. The molecule has 0 aromatic heterocycles. The molecule has 2 aliphatic carbocycles. The first-order chi connectivity index (χ1) is 8.46. The average molecular weight is 252 g/mol. The van der Waals surface area contributed by atoms with Crippen LogP contribution in [0.5, 0.6) is 0 Å². The van der Waals surface area contributed by atoms with Crippen LogP contribution < -0.4 is 0 Å². The summed E-state index contributed by atoms with van der Waals surface area (Å²) in [5.74, 6) is -0.559. The van der Waals surface area contributed by atoms with E-state index in [1.54, 1.807) is 6.08 Å². The number of Topliss-reactive ketones (excluding diaryl/α,β-unsaturated/α-hetero) is 1. The number of aliphatic hydroxyl groups excluding tert-OH is 1. The van der Waals surface area contributed by atoms with Gasteiger partial charge in [-0.05, 0) is 26.7 Å². The number of aliphatic hydroxyl groups is 1. The average Bonchev–Trinajstić information content (AvgIpc) is 2.62. The molecule has 18 heavy (non-hydrogen) atoms. The zero-order valence-corrected chi connectivity index (χ0v) is 10.9. The molecule has 4 unspecified atom stereocenters. The highest BCUT2D eigenvalue weighted by Crippen LogP contribution is 2.49. The van der Waals surface area contributed by atoms with Crippen molar-refractivity contribution in [1.29, 1.82) is 0 Å². The summed E-state index contributed by atoms with van der Waals surface area (Å²) in [4.78, 5) is 12.4. The number of ketones is 1. The number of fused-ring (bicyclic) bond motifs is 2. The van der Waals surface area contributed by atoms with Crippen LogP contribution in [0.25, 0.3) is 0 Å². The van der Waals surface area contributed by atoms with Crippen molar-refractivity contribution >= 4 is 5.78 Å². The third-order valence-corrected chi connectivity index (χ3v) is 4.41. The lowest BCUT2D eigenvalue weighted by Gasteiger charge is -2.45. The van der Waals surface area contributed by atoms with Crippen LogP contribution in [-0.2, 0) is 14.3 Å². The minimum atomic E-state index is -0.786. The van der Waals surface area contributed by atoms with Gasteiger partial charge >= 0.3 is 0 Å². The molecule has 1 aliphatic heterocycles. The molecule has 1 N–H and O–H groups in total. The van der Waals surface area contributed by atoms with Gasteiger partial charge in [0.25, 0.3) is 0 Å². The van der Waals surface area contributed by atoms with Gasteiger partial charge in [-0.3, -0.25) is 4.79 Å². The first kappa shape index (κ1) is 12.3. The molecule has 4 nitrogen and oxygen atoms in total. The van der Waals surface area contributed by atoms with E-state index in [4.69, 9.17) is 9.47 Å². The van der Waals surface area contributed by atoms with E-state index in [2.05, 4.69) is 0 Å². The van der Waals surface area contributed by atoms with E-state index in [0.29, 0.717) is 12.8 Å². The smallest absolute Gasteiger partial charge is 0.164 e. The second kappa shape index (κ2) is 3.89. The molecule has 4 atom stereocenters. The summed E-state index contributed by atoms with van der Waals surface area (Å²) in [5, 5.41) is 10.3. The van der Waals surface area contributed by atoms with Gasteiger partial charge in [0.1, 0.15) is 18.0 Å². The van der Waals surface area contributed by atoms with E-state index in [1.807, 2.05) is 19.9 Å². The topological polar surface area (TPSA) is 55.8 Å². The first-order valence-corrected chi connectivity index (χ1v) is 6.71. The SMILES string of the molecule is CC1(C)OC2C=CC(O)C3(CCCCC3=O)C2O1. The molecule has 100 valence electrons. The molecule has 1 saturated heterocycles. The van der Waals surface area contributed by atoms with Crippen LogP contribution >= 0.6 is 0 Å². The highest BCUT2D eigenvalue weighted by Gasteiger charge is 2.60. The number of carbonyl (C=O) groups is 1. The third-order valence-electron chi connectivity index (χ3n) is 4.41. The predicted octanol–water partition coefficient (Wildman–Crippen LogP) is 1.57. The fourth-order valence-electron chi connectivity index (χ4n) is 3.57. The second-order valence-electron chi connectivity index (χ2n) is 6.02. The van der Waals surface area contributed by atoms with Crippen molar-refractivity contribution in [3.05, 3.63) is 12.2 Å². The highest BCUT2D eigenvalue weighted by molar-refractivity contribution is 5.87. The molecule has 0 aromatic rings. The molecular weight excluding hydrogens is 232 g/mol. The number of hydrogen-bond acceptors (Lipinski definition) is 4. The van der Waals surface area contributed by atoms with Crippen LogP contribution in [0.1, 0.15) is 39.5 Å². The van der Waals surface area contributed by atoms with E-state index in [-0.39, 0.29) is 18.0 Å². The summed E-state index contributed by atoms with van der Waals surface area (Å²) in [5.41, 5.74) is -0.786. The number of hydrogen-bond donors (Lipinski definition) is 1. The standard InChI is InChI=1S/C14H20O4/c1-13(2)17-9-6-7-11(16)14(12(9)18-13)8-4-3-5-10(14)15/h6-7,9,11-12,16H,3-5,8H2,1-2H3. The van der Waals surface area contributed by atoms with Gasteiger partial charge in [0.15, 0.2) is 5.79 Å². The monoisotopic (exact) mass is 252 g/mol. The maximum absolute atomic E-state index is 12.4. The molecule has 1 heterocycles. The van der Waals surface area contributed by atoms with Crippen molar-refractivity contribution in [3.63, 3.8) is 0 Å². The molecular formula is C14H20O4. The quantitative estimate of drug-likeness (QED) is 0.665. The summed E-state index contributed by atoms with van der Waals surface area (Å²) >= 11 is 0. The van der Waals surface area contributed by atoms with Gasteiger partial charge in [-0.25, -0.2) is 0 Å². The fourth-order valence-corrected chi connectivity index (χ4v) is 3.57. The maximum Gasteiger partial charge on any atom is 0.164 e. The summed E-state index contributed by atoms with van der Waals surface area (Å²) in [7, 11) is 0. The summed E-state index contributed by atoms with van der Waals surface area (Å²) < 4.78 is 11.7. The van der Waals surface area contributed by atoms with Gasteiger partial charge in [0, 0.05) is 6.42 Å². The third kappa shape index (κ3) is 1.59. The summed E-state index contributed by atoms with van der Waals surface area (Å²) in [6.07, 6.45) is 5.33. The molecule has 4 heteroatoms. The minimum Gasteiger partial charge on any atom is -0.388 e. The Hall–Kier alpha value is -0.710. The lowest BCUT2D eigenvalue weighted by atomic mass is 9.62. The van der Waals surface area contributed by atoms with E-state index < -0.39 is 17.3 Å². The highest BCUT2D eigenvalue weighted by atomic mass is 16.8. The lowest BCUT2D eigenvalue weighted by molar-refractivity contribution is -0.174. The number of ether oxygens (including phenoxy) is 2. The van der Waals surface area contributed by atoms with Gasteiger partial charge in [-0.15, -0.1) is 0 Å². The summed E-state index contributed by atoms with van der Waals surface area (Å²) in [6.45, 7) is 3.71. The Balaban J connectivity index is 2.01. The van der Waals surface area contributed by atoms with Crippen LogP contribution in [0.4, 0.5) is 0 Å². The van der Waals surface area contributed by atoms with Crippen molar-refractivity contribution < 1.29 is 19.4 Å². The number of carbonyl (C=O) groups excluding carboxylic acids is 1. The molecule has 0 radical (unpaired) electrons. The Morgan fingerprint density at radius 3 is 2.78 bits per heavy atom. The van der Waals surface area contributed by atoms with Crippen molar-refractivity contribution in [3.8, 4) is 0 Å². The molecule has 0 amide bonds. The molecule has 0 bridgehead atoms. The van der Waals surface area contributed by atoms with Crippen molar-refractivity contribution in [2.24, 2.45) is 5.41 Å². The Labute approximate surface area is 107 Å². The van der Waals surface area contributed by atoms with E-state index in [1.165, 1.54) is 0 Å². The molecule has 3 rings (SSSR count). The Morgan fingerprint density at radius 2 is 2.06 bits per heavy atom. The van der Waals surface area contributed by atoms with Crippen molar-refractivity contribution in [1.82, 2.24) is 0 Å². The Kier molecular flexibility index (Phi) is 2.66. The normalized spacial score (nSPS) is 46.4.